The monoisotopic (exact) mass is 265 g/mol. The predicted molar refractivity (Wildman–Crippen MR) is 64.8 cm³/mol. The van der Waals surface area contributed by atoms with Crippen LogP contribution in [0.4, 0.5) is 0 Å². The number of fused-ring (bicyclic) bond motifs is 1. The molecule has 0 aliphatic rings. The van der Waals surface area contributed by atoms with Gasteiger partial charge in [0.05, 0.1) is 17.3 Å². The first kappa shape index (κ1) is 10.6. The van der Waals surface area contributed by atoms with Gasteiger partial charge in [-0.05, 0) is 37.6 Å². The minimum atomic E-state index is -0.520. The maximum Gasteiger partial charge on any atom is 0.0932 e. The molecule has 0 saturated heterocycles. The van der Waals surface area contributed by atoms with Crippen molar-refractivity contribution < 1.29 is 5.11 Å². The van der Waals surface area contributed by atoms with Gasteiger partial charge in [0.15, 0.2) is 0 Å². The molecule has 0 amide bonds. The van der Waals surface area contributed by atoms with Crippen molar-refractivity contribution in [1.82, 2.24) is 4.98 Å². The molecule has 2 nitrogen and oxygen atoms in total. The Kier molecular flexibility index (Phi) is 2.76. The minimum Gasteiger partial charge on any atom is -0.387 e. The zero-order valence-corrected chi connectivity index (χ0v) is 10.2. The SMILES string of the molecule is Cc1cc(Br)cc2nc([C@@H](C)O)ccc12. The number of aliphatic hydroxyl groups is 1. The average molecular weight is 266 g/mol. The smallest absolute Gasteiger partial charge is 0.0932 e. The highest BCUT2D eigenvalue weighted by atomic mass is 79.9. The fraction of sp³-hybridized carbons (Fsp3) is 0.250. The van der Waals surface area contributed by atoms with Gasteiger partial charge in [0.25, 0.3) is 0 Å². The fourth-order valence-corrected chi connectivity index (χ4v) is 2.18. The van der Waals surface area contributed by atoms with Crippen LogP contribution in [0.2, 0.25) is 0 Å². The third-order valence-electron chi connectivity index (χ3n) is 2.43. The van der Waals surface area contributed by atoms with Gasteiger partial charge in [-0.1, -0.05) is 22.0 Å². The molecule has 1 heterocycles. The number of aromatic nitrogens is 1. The Morgan fingerprint density at radius 1 is 1.33 bits per heavy atom. The Bertz CT molecular complexity index is 508. The van der Waals surface area contributed by atoms with Crippen LogP contribution >= 0.6 is 15.9 Å². The van der Waals surface area contributed by atoms with Gasteiger partial charge >= 0.3 is 0 Å². The fourth-order valence-electron chi connectivity index (χ4n) is 1.62. The Labute approximate surface area is 97.1 Å². The van der Waals surface area contributed by atoms with E-state index in [0.717, 1.165) is 15.4 Å². The molecule has 1 aromatic carbocycles. The molecule has 15 heavy (non-hydrogen) atoms. The first-order valence-electron chi connectivity index (χ1n) is 4.83. The minimum absolute atomic E-state index is 0.520. The van der Waals surface area contributed by atoms with Crippen molar-refractivity contribution in [2.75, 3.05) is 0 Å². The zero-order valence-electron chi connectivity index (χ0n) is 8.66. The lowest BCUT2D eigenvalue weighted by Gasteiger charge is -2.07. The van der Waals surface area contributed by atoms with Gasteiger partial charge in [-0.25, -0.2) is 0 Å². The van der Waals surface area contributed by atoms with Crippen molar-refractivity contribution in [2.24, 2.45) is 0 Å². The molecule has 0 radical (unpaired) electrons. The lowest BCUT2D eigenvalue weighted by molar-refractivity contribution is 0.195. The van der Waals surface area contributed by atoms with Gasteiger partial charge in [-0.3, -0.25) is 4.98 Å². The number of halogens is 1. The van der Waals surface area contributed by atoms with E-state index in [1.54, 1.807) is 6.92 Å². The van der Waals surface area contributed by atoms with Crippen LogP contribution in [0, 0.1) is 6.92 Å². The van der Waals surface area contributed by atoms with Crippen LogP contribution in [-0.4, -0.2) is 10.1 Å². The van der Waals surface area contributed by atoms with Crippen LogP contribution in [-0.2, 0) is 0 Å². The topological polar surface area (TPSA) is 33.1 Å². The van der Waals surface area contributed by atoms with E-state index in [2.05, 4.69) is 33.9 Å². The van der Waals surface area contributed by atoms with E-state index in [4.69, 9.17) is 0 Å². The van der Waals surface area contributed by atoms with Gasteiger partial charge in [0.1, 0.15) is 0 Å². The Balaban J connectivity index is 2.71. The van der Waals surface area contributed by atoms with Crippen molar-refractivity contribution in [2.45, 2.75) is 20.0 Å². The summed E-state index contributed by atoms with van der Waals surface area (Å²) in [6, 6.07) is 7.90. The number of hydrogen-bond donors (Lipinski definition) is 1. The molecule has 0 spiro atoms. The predicted octanol–water partition coefficient (Wildman–Crippen LogP) is 3.36. The molecule has 0 fully saturated rings. The van der Waals surface area contributed by atoms with Crippen molar-refractivity contribution in [3.05, 3.63) is 40.0 Å². The summed E-state index contributed by atoms with van der Waals surface area (Å²) in [6.45, 7) is 3.77. The Morgan fingerprint density at radius 2 is 2.07 bits per heavy atom. The standard InChI is InChI=1S/C12H12BrNO/c1-7-5-9(13)6-12-10(7)3-4-11(14-12)8(2)15/h3-6,8,15H,1-2H3/t8-/m1/s1. The number of benzene rings is 1. The van der Waals surface area contributed by atoms with Crippen LogP contribution in [0.5, 0.6) is 0 Å². The molecule has 0 saturated carbocycles. The van der Waals surface area contributed by atoms with E-state index in [0.29, 0.717) is 5.69 Å². The summed E-state index contributed by atoms with van der Waals surface area (Å²) >= 11 is 3.44. The normalized spacial score (nSPS) is 13.1. The number of nitrogens with zero attached hydrogens (tertiary/aromatic N) is 1. The first-order chi connectivity index (χ1) is 7.08. The van der Waals surface area contributed by atoms with Crippen LogP contribution in [0.15, 0.2) is 28.7 Å². The van der Waals surface area contributed by atoms with Crippen LogP contribution in [0.3, 0.4) is 0 Å². The summed E-state index contributed by atoms with van der Waals surface area (Å²) in [5.74, 6) is 0. The first-order valence-corrected chi connectivity index (χ1v) is 5.62. The summed E-state index contributed by atoms with van der Waals surface area (Å²) in [7, 11) is 0. The number of hydrogen-bond acceptors (Lipinski definition) is 2. The van der Waals surface area contributed by atoms with Gasteiger partial charge in [-0.15, -0.1) is 0 Å². The third-order valence-corrected chi connectivity index (χ3v) is 2.89. The molecular formula is C12H12BrNO. The summed E-state index contributed by atoms with van der Waals surface area (Å²) in [6.07, 6.45) is -0.520. The molecule has 0 bridgehead atoms. The van der Waals surface area contributed by atoms with Crippen LogP contribution in [0.25, 0.3) is 10.9 Å². The van der Waals surface area contributed by atoms with Crippen molar-refractivity contribution in [3.63, 3.8) is 0 Å². The van der Waals surface area contributed by atoms with Crippen molar-refractivity contribution >= 4 is 26.8 Å². The van der Waals surface area contributed by atoms with Crippen LogP contribution < -0.4 is 0 Å². The highest BCUT2D eigenvalue weighted by Crippen LogP contribution is 2.24. The highest BCUT2D eigenvalue weighted by Gasteiger charge is 2.05. The second-order valence-electron chi connectivity index (χ2n) is 3.70. The molecular weight excluding hydrogens is 254 g/mol. The van der Waals surface area contributed by atoms with E-state index >= 15 is 0 Å². The number of aryl methyl sites for hydroxylation is 1. The number of pyridine rings is 1. The molecule has 0 unspecified atom stereocenters. The Morgan fingerprint density at radius 3 is 2.73 bits per heavy atom. The second kappa shape index (κ2) is 3.91. The van der Waals surface area contributed by atoms with Gasteiger partial charge in [0, 0.05) is 9.86 Å². The van der Waals surface area contributed by atoms with Gasteiger partial charge in [-0.2, -0.15) is 0 Å². The molecule has 78 valence electrons. The maximum absolute atomic E-state index is 9.45. The maximum atomic E-state index is 9.45. The lowest BCUT2D eigenvalue weighted by Crippen LogP contribution is -1.95. The molecule has 1 aromatic heterocycles. The van der Waals surface area contributed by atoms with E-state index < -0.39 is 6.10 Å². The molecule has 0 aliphatic carbocycles. The summed E-state index contributed by atoms with van der Waals surface area (Å²) in [5, 5.41) is 10.6. The molecule has 1 N–H and O–H groups in total. The largest absolute Gasteiger partial charge is 0.387 e. The number of aliphatic hydroxyl groups excluding tert-OH is 1. The number of rotatable bonds is 1. The van der Waals surface area contributed by atoms with Crippen LogP contribution in [0.1, 0.15) is 24.3 Å². The molecule has 1 atom stereocenters. The van der Waals surface area contributed by atoms with E-state index in [1.807, 2.05) is 18.2 Å². The summed E-state index contributed by atoms with van der Waals surface area (Å²) < 4.78 is 1.02. The highest BCUT2D eigenvalue weighted by molar-refractivity contribution is 9.10. The summed E-state index contributed by atoms with van der Waals surface area (Å²) in [4.78, 5) is 4.42. The molecule has 0 aliphatic heterocycles. The van der Waals surface area contributed by atoms with Gasteiger partial charge in [0.2, 0.25) is 0 Å². The van der Waals surface area contributed by atoms with E-state index in [-0.39, 0.29) is 0 Å². The second-order valence-corrected chi connectivity index (χ2v) is 4.62. The van der Waals surface area contributed by atoms with E-state index in [1.165, 1.54) is 5.56 Å². The summed E-state index contributed by atoms with van der Waals surface area (Å²) in [5.41, 5.74) is 2.81. The van der Waals surface area contributed by atoms with Gasteiger partial charge < -0.3 is 5.11 Å². The zero-order chi connectivity index (χ0) is 11.0. The lowest BCUT2D eigenvalue weighted by atomic mass is 10.1. The molecule has 2 aromatic rings. The molecule has 2 rings (SSSR count). The third kappa shape index (κ3) is 2.03. The Hall–Kier alpha value is -0.930. The average Bonchev–Trinajstić information content (AvgIpc) is 2.16. The molecule has 3 heteroatoms. The van der Waals surface area contributed by atoms with Crippen molar-refractivity contribution in [3.8, 4) is 0 Å². The quantitative estimate of drug-likeness (QED) is 0.858. The van der Waals surface area contributed by atoms with Crippen molar-refractivity contribution in [1.29, 1.82) is 0 Å². The van der Waals surface area contributed by atoms with E-state index in [9.17, 15) is 5.11 Å².